The van der Waals surface area contributed by atoms with Crippen molar-refractivity contribution < 1.29 is 4.39 Å². The highest BCUT2D eigenvalue weighted by Crippen LogP contribution is 2.31. The molecule has 0 radical (unpaired) electrons. The highest BCUT2D eigenvalue weighted by Gasteiger charge is 2.12. The smallest absolute Gasteiger partial charge is 0.124 e. The summed E-state index contributed by atoms with van der Waals surface area (Å²) in [5, 5.41) is 4.44. The third-order valence-electron chi connectivity index (χ3n) is 3.02. The standard InChI is InChI=1S/C15H13BrCl2FN/c1-2-14(9-3-5-12(17)13(18)7-9)20-15-6-4-10(19)8-11(15)16/h3-8,14,20H,2H2,1H3. The number of hydrogen-bond acceptors (Lipinski definition) is 1. The molecule has 2 aromatic rings. The second kappa shape index (κ2) is 6.79. The molecule has 0 aliphatic heterocycles. The van der Waals surface area contributed by atoms with Gasteiger partial charge < -0.3 is 5.32 Å². The number of hydrogen-bond donors (Lipinski definition) is 1. The predicted molar refractivity (Wildman–Crippen MR) is 87.2 cm³/mol. The first kappa shape index (κ1) is 15.6. The van der Waals surface area contributed by atoms with Crippen molar-refractivity contribution in [2.24, 2.45) is 0 Å². The Kier molecular flexibility index (Phi) is 5.30. The Morgan fingerprint density at radius 1 is 1.15 bits per heavy atom. The fraction of sp³-hybridized carbons (Fsp3) is 0.200. The summed E-state index contributed by atoms with van der Waals surface area (Å²) >= 11 is 15.3. The van der Waals surface area contributed by atoms with E-state index in [0.717, 1.165) is 17.7 Å². The van der Waals surface area contributed by atoms with Crippen molar-refractivity contribution in [1.82, 2.24) is 0 Å². The number of halogens is 4. The van der Waals surface area contributed by atoms with Gasteiger partial charge in [0.15, 0.2) is 0 Å². The zero-order chi connectivity index (χ0) is 14.7. The number of nitrogens with one attached hydrogen (secondary N) is 1. The molecule has 2 aromatic carbocycles. The van der Waals surface area contributed by atoms with Crippen LogP contribution in [0.1, 0.15) is 24.9 Å². The van der Waals surface area contributed by atoms with Crippen molar-refractivity contribution in [2.45, 2.75) is 19.4 Å². The van der Waals surface area contributed by atoms with Crippen molar-refractivity contribution in [3.63, 3.8) is 0 Å². The molecule has 5 heteroatoms. The van der Waals surface area contributed by atoms with Crippen LogP contribution in [0.3, 0.4) is 0 Å². The van der Waals surface area contributed by atoms with Gasteiger partial charge in [-0.2, -0.15) is 0 Å². The molecule has 1 atom stereocenters. The van der Waals surface area contributed by atoms with Crippen LogP contribution in [0, 0.1) is 5.82 Å². The molecule has 0 amide bonds. The van der Waals surface area contributed by atoms with Gasteiger partial charge in [0.05, 0.1) is 16.1 Å². The third kappa shape index (κ3) is 3.66. The molecule has 0 spiro atoms. The monoisotopic (exact) mass is 375 g/mol. The lowest BCUT2D eigenvalue weighted by molar-refractivity contribution is 0.627. The molecule has 1 N–H and O–H groups in total. The Balaban J connectivity index is 2.26. The molecule has 0 saturated heterocycles. The lowest BCUT2D eigenvalue weighted by atomic mass is 10.0. The topological polar surface area (TPSA) is 12.0 Å². The molecule has 0 bridgehead atoms. The Morgan fingerprint density at radius 3 is 2.50 bits per heavy atom. The van der Waals surface area contributed by atoms with E-state index in [4.69, 9.17) is 23.2 Å². The quantitative estimate of drug-likeness (QED) is 0.645. The van der Waals surface area contributed by atoms with Gasteiger partial charge in [-0.05, 0) is 58.2 Å². The highest BCUT2D eigenvalue weighted by molar-refractivity contribution is 9.10. The third-order valence-corrected chi connectivity index (χ3v) is 4.41. The van der Waals surface area contributed by atoms with Crippen LogP contribution in [0.15, 0.2) is 40.9 Å². The molecule has 1 unspecified atom stereocenters. The highest BCUT2D eigenvalue weighted by atomic mass is 79.9. The van der Waals surface area contributed by atoms with E-state index in [1.807, 2.05) is 12.1 Å². The molecule has 106 valence electrons. The minimum Gasteiger partial charge on any atom is -0.377 e. The Morgan fingerprint density at radius 2 is 1.90 bits per heavy atom. The lowest BCUT2D eigenvalue weighted by Crippen LogP contribution is -2.10. The summed E-state index contributed by atoms with van der Waals surface area (Å²) in [5.74, 6) is -0.273. The summed E-state index contributed by atoms with van der Waals surface area (Å²) in [7, 11) is 0. The SMILES string of the molecule is CCC(Nc1ccc(F)cc1Br)c1ccc(Cl)c(Cl)c1. The molecule has 0 aromatic heterocycles. The number of anilines is 1. The van der Waals surface area contributed by atoms with E-state index in [1.54, 1.807) is 12.1 Å². The van der Waals surface area contributed by atoms with Gasteiger partial charge in [0.25, 0.3) is 0 Å². The molecule has 0 aliphatic rings. The minimum atomic E-state index is -0.273. The lowest BCUT2D eigenvalue weighted by Gasteiger charge is -2.20. The molecule has 0 aliphatic carbocycles. The average molecular weight is 377 g/mol. The molecule has 0 saturated carbocycles. The van der Waals surface area contributed by atoms with Gasteiger partial charge in [-0.1, -0.05) is 36.2 Å². The zero-order valence-corrected chi connectivity index (χ0v) is 13.9. The van der Waals surface area contributed by atoms with E-state index < -0.39 is 0 Å². The van der Waals surface area contributed by atoms with Crippen LogP contribution in [-0.4, -0.2) is 0 Å². The maximum absolute atomic E-state index is 13.1. The van der Waals surface area contributed by atoms with E-state index >= 15 is 0 Å². The molecule has 0 heterocycles. The van der Waals surface area contributed by atoms with Gasteiger partial charge in [-0.25, -0.2) is 4.39 Å². The Labute approximate surface area is 136 Å². The summed E-state index contributed by atoms with van der Waals surface area (Å²) in [5.41, 5.74) is 1.88. The average Bonchev–Trinajstić information content (AvgIpc) is 2.41. The first-order chi connectivity index (χ1) is 9.51. The van der Waals surface area contributed by atoms with Crippen molar-refractivity contribution in [2.75, 3.05) is 5.32 Å². The molecule has 20 heavy (non-hydrogen) atoms. The van der Waals surface area contributed by atoms with Gasteiger partial charge in [-0.3, -0.25) is 0 Å². The van der Waals surface area contributed by atoms with Crippen LogP contribution >= 0.6 is 39.1 Å². The summed E-state index contributed by atoms with van der Waals surface area (Å²) in [6, 6.07) is 10.2. The van der Waals surface area contributed by atoms with Crippen LogP contribution in [0.2, 0.25) is 10.0 Å². The number of benzene rings is 2. The maximum atomic E-state index is 13.1. The first-order valence-electron chi connectivity index (χ1n) is 6.17. The molecular formula is C15H13BrCl2FN. The predicted octanol–water partition coefficient (Wildman–Crippen LogP) is 6.46. The van der Waals surface area contributed by atoms with Gasteiger partial charge in [0, 0.05) is 10.2 Å². The van der Waals surface area contributed by atoms with Crippen molar-refractivity contribution in [1.29, 1.82) is 0 Å². The Hall–Kier alpha value is -0.770. The Bertz CT molecular complexity index is 619. The maximum Gasteiger partial charge on any atom is 0.124 e. The van der Waals surface area contributed by atoms with E-state index in [-0.39, 0.29) is 11.9 Å². The second-order valence-corrected chi connectivity index (χ2v) is 6.07. The van der Waals surface area contributed by atoms with E-state index in [0.29, 0.717) is 14.5 Å². The molecule has 1 nitrogen and oxygen atoms in total. The molecular weight excluding hydrogens is 364 g/mol. The normalized spacial score (nSPS) is 12.2. The second-order valence-electron chi connectivity index (χ2n) is 4.40. The van der Waals surface area contributed by atoms with Crippen LogP contribution in [0.25, 0.3) is 0 Å². The zero-order valence-electron chi connectivity index (χ0n) is 10.8. The molecule has 2 rings (SSSR count). The van der Waals surface area contributed by atoms with Gasteiger partial charge in [0.2, 0.25) is 0 Å². The van der Waals surface area contributed by atoms with Crippen LogP contribution < -0.4 is 5.32 Å². The van der Waals surface area contributed by atoms with E-state index in [2.05, 4.69) is 28.2 Å². The van der Waals surface area contributed by atoms with Crippen LogP contribution in [0.4, 0.5) is 10.1 Å². The van der Waals surface area contributed by atoms with Crippen LogP contribution in [0.5, 0.6) is 0 Å². The summed E-state index contributed by atoms with van der Waals surface area (Å²) in [4.78, 5) is 0. The largest absolute Gasteiger partial charge is 0.377 e. The van der Waals surface area contributed by atoms with Gasteiger partial charge in [0.1, 0.15) is 5.82 Å². The number of rotatable bonds is 4. The fourth-order valence-corrected chi connectivity index (χ4v) is 2.72. The fourth-order valence-electron chi connectivity index (χ4n) is 1.94. The first-order valence-corrected chi connectivity index (χ1v) is 7.72. The molecule has 0 fully saturated rings. The van der Waals surface area contributed by atoms with Gasteiger partial charge in [-0.15, -0.1) is 0 Å². The summed E-state index contributed by atoms with van der Waals surface area (Å²) in [6.07, 6.45) is 0.863. The van der Waals surface area contributed by atoms with Crippen LogP contribution in [-0.2, 0) is 0 Å². The van der Waals surface area contributed by atoms with Crippen molar-refractivity contribution in [3.8, 4) is 0 Å². The van der Waals surface area contributed by atoms with E-state index in [1.165, 1.54) is 12.1 Å². The van der Waals surface area contributed by atoms with Crippen molar-refractivity contribution >= 4 is 44.8 Å². The van der Waals surface area contributed by atoms with Crippen molar-refractivity contribution in [3.05, 3.63) is 62.3 Å². The van der Waals surface area contributed by atoms with E-state index in [9.17, 15) is 4.39 Å². The summed E-state index contributed by atoms with van der Waals surface area (Å²) in [6.45, 7) is 2.07. The minimum absolute atomic E-state index is 0.0755. The summed E-state index contributed by atoms with van der Waals surface area (Å²) < 4.78 is 13.8. The van der Waals surface area contributed by atoms with Gasteiger partial charge >= 0.3 is 0 Å².